The minimum absolute atomic E-state index is 0.271. The van der Waals surface area contributed by atoms with Gasteiger partial charge in [-0.1, -0.05) is 31.2 Å². The quantitative estimate of drug-likeness (QED) is 0.761. The van der Waals surface area contributed by atoms with Crippen LogP contribution in [0, 0.1) is 0 Å². The SMILES string of the molecule is CCCN(C(=O)c1cccc(C(=O)OC)c1)C(C)C(=O)Nc1ccccc1. The van der Waals surface area contributed by atoms with Crippen LogP contribution in [0.5, 0.6) is 0 Å². The summed E-state index contributed by atoms with van der Waals surface area (Å²) in [5, 5.41) is 2.82. The fourth-order valence-corrected chi connectivity index (χ4v) is 2.68. The second kappa shape index (κ2) is 9.52. The number of hydrogen-bond acceptors (Lipinski definition) is 4. The molecule has 0 aliphatic rings. The highest BCUT2D eigenvalue weighted by atomic mass is 16.5. The highest BCUT2D eigenvalue weighted by Gasteiger charge is 2.26. The maximum absolute atomic E-state index is 13.0. The molecule has 0 fully saturated rings. The Morgan fingerprint density at radius 1 is 1.04 bits per heavy atom. The number of nitrogens with zero attached hydrogens (tertiary/aromatic N) is 1. The Bertz CT molecular complexity index is 805. The minimum atomic E-state index is -0.667. The second-order valence-electron chi connectivity index (χ2n) is 6.10. The van der Waals surface area contributed by atoms with Crippen molar-refractivity contribution in [1.82, 2.24) is 4.90 Å². The van der Waals surface area contributed by atoms with Crippen LogP contribution in [-0.2, 0) is 9.53 Å². The number of carbonyl (C=O) groups excluding carboxylic acids is 3. The lowest BCUT2D eigenvalue weighted by atomic mass is 10.1. The lowest BCUT2D eigenvalue weighted by Gasteiger charge is -2.28. The van der Waals surface area contributed by atoms with E-state index in [2.05, 4.69) is 5.32 Å². The van der Waals surface area contributed by atoms with Gasteiger partial charge in [-0.2, -0.15) is 0 Å². The molecule has 0 saturated carbocycles. The molecule has 0 radical (unpaired) electrons. The Balaban J connectivity index is 2.21. The Morgan fingerprint density at radius 3 is 2.33 bits per heavy atom. The Kier molecular flexibility index (Phi) is 7.11. The highest BCUT2D eigenvalue weighted by molar-refractivity contribution is 6.02. The van der Waals surface area contributed by atoms with E-state index in [4.69, 9.17) is 4.74 Å². The van der Waals surface area contributed by atoms with E-state index in [0.717, 1.165) is 0 Å². The molecule has 6 heteroatoms. The van der Waals surface area contributed by atoms with E-state index < -0.39 is 12.0 Å². The van der Waals surface area contributed by atoms with Crippen LogP contribution < -0.4 is 5.32 Å². The van der Waals surface area contributed by atoms with Crippen molar-refractivity contribution >= 4 is 23.5 Å². The van der Waals surface area contributed by atoms with Gasteiger partial charge in [-0.05, 0) is 43.7 Å². The summed E-state index contributed by atoms with van der Waals surface area (Å²) < 4.78 is 4.70. The van der Waals surface area contributed by atoms with Crippen LogP contribution in [0.2, 0.25) is 0 Å². The maximum atomic E-state index is 13.0. The van der Waals surface area contributed by atoms with Crippen LogP contribution >= 0.6 is 0 Å². The summed E-state index contributed by atoms with van der Waals surface area (Å²) in [6.07, 6.45) is 0.700. The van der Waals surface area contributed by atoms with Crippen molar-refractivity contribution in [2.75, 3.05) is 19.0 Å². The summed E-state index contributed by atoms with van der Waals surface area (Å²) in [5.74, 6) is -1.09. The van der Waals surface area contributed by atoms with E-state index in [1.165, 1.54) is 18.1 Å². The van der Waals surface area contributed by atoms with Gasteiger partial charge in [-0.25, -0.2) is 4.79 Å². The van der Waals surface area contributed by atoms with Crippen LogP contribution in [-0.4, -0.2) is 42.4 Å². The number of amides is 2. The molecule has 1 unspecified atom stereocenters. The van der Waals surface area contributed by atoms with E-state index in [0.29, 0.717) is 29.8 Å². The monoisotopic (exact) mass is 368 g/mol. The first-order chi connectivity index (χ1) is 13.0. The molecular formula is C21H24N2O4. The molecule has 0 aliphatic carbocycles. The Morgan fingerprint density at radius 2 is 1.70 bits per heavy atom. The third kappa shape index (κ3) is 5.17. The number of carbonyl (C=O) groups is 3. The van der Waals surface area contributed by atoms with Crippen LogP contribution in [0.4, 0.5) is 5.69 Å². The zero-order valence-electron chi connectivity index (χ0n) is 15.8. The van der Waals surface area contributed by atoms with Gasteiger partial charge in [0.25, 0.3) is 5.91 Å². The normalized spacial score (nSPS) is 11.4. The Hall–Kier alpha value is -3.15. The molecule has 0 bridgehead atoms. The van der Waals surface area contributed by atoms with Crippen molar-refractivity contribution in [2.24, 2.45) is 0 Å². The molecule has 142 valence electrons. The number of ether oxygens (including phenoxy) is 1. The van der Waals surface area contributed by atoms with Gasteiger partial charge >= 0.3 is 5.97 Å². The minimum Gasteiger partial charge on any atom is -0.465 e. The van der Waals surface area contributed by atoms with Gasteiger partial charge in [0.15, 0.2) is 0 Å². The van der Waals surface area contributed by atoms with E-state index in [-0.39, 0.29) is 11.8 Å². The zero-order chi connectivity index (χ0) is 19.8. The number of benzene rings is 2. The first-order valence-electron chi connectivity index (χ1n) is 8.83. The molecule has 0 heterocycles. The third-order valence-electron chi connectivity index (χ3n) is 4.14. The molecule has 2 aromatic rings. The molecule has 0 saturated heterocycles. The predicted octanol–water partition coefficient (Wildman–Crippen LogP) is 3.35. The van der Waals surface area contributed by atoms with Gasteiger partial charge in [-0.15, -0.1) is 0 Å². The molecule has 0 spiro atoms. The Labute approximate surface area is 159 Å². The largest absolute Gasteiger partial charge is 0.465 e. The molecule has 1 atom stereocenters. The predicted molar refractivity (Wildman–Crippen MR) is 104 cm³/mol. The molecular weight excluding hydrogens is 344 g/mol. The second-order valence-corrected chi connectivity index (χ2v) is 6.10. The molecule has 2 rings (SSSR count). The lowest BCUT2D eigenvalue weighted by molar-refractivity contribution is -0.120. The number of esters is 1. The smallest absolute Gasteiger partial charge is 0.337 e. The van der Waals surface area contributed by atoms with Crippen LogP contribution in [0.15, 0.2) is 54.6 Å². The summed E-state index contributed by atoms with van der Waals surface area (Å²) in [5.41, 5.74) is 1.30. The van der Waals surface area contributed by atoms with E-state index >= 15 is 0 Å². The van der Waals surface area contributed by atoms with Gasteiger partial charge in [0, 0.05) is 17.8 Å². The molecule has 2 aromatic carbocycles. The number of anilines is 1. The maximum Gasteiger partial charge on any atom is 0.337 e. The van der Waals surface area contributed by atoms with Gasteiger partial charge in [0.2, 0.25) is 5.91 Å². The van der Waals surface area contributed by atoms with Gasteiger partial charge in [-0.3, -0.25) is 9.59 Å². The van der Waals surface area contributed by atoms with Crippen molar-refractivity contribution < 1.29 is 19.1 Å². The standard InChI is InChI=1S/C21H24N2O4/c1-4-13-23(15(2)19(24)22-18-11-6-5-7-12-18)20(25)16-9-8-10-17(14-16)21(26)27-3/h5-12,14-15H,4,13H2,1-3H3,(H,22,24). The van der Waals surface area contributed by atoms with Crippen LogP contribution in [0.1, 0.15) is 41.0 Å². The van der Waals surface area contributed by atoms with E-state index in [9.17, 15) is 14.4 Å². The molecule has 0 aromatic heterocycles. The molecule has 1 N–H and O–H groups in total. The number of nitrogens with one attached hydrogen (secondary N) is 1. The number of para-hydroxylation sites is 1. The van der Waals surface area contributed by atoms with Crippen molar-refractivity contribution in [3.8, 4) is 0 Å². The lowest BCUT2D eigenvalue weighted by Crippen LogP contribution is -2.46. The average molecular weight is 368 g/mol. The molecule has 6 nitrogen and oxygen atoms in total. The summed E-state index contributed by atoms with van der Waals surface area (Å²) in [7, 11) is 1.29. The fourth-order valence-electron chi connectivity index (χ4n) is 2.68. The average Bonchev–Trinajstić information content (AvgIpc) is 2.71. The van der Waals surface area contributed by atoms with Crippen molar-refractivity contribution in [3.05, 3.63) is 65.7 Å². The first kappa shape index (κ1) is 20.2. The van der Waals surface area contributed by atoms with Gasteiger partial charge in [0.1, 0.15) is 6.04 Å². The number of methoxy groups -OCH3 is 1. The topological polar surface area (TPSA) is 75.7 Å². The summed E-state index contributed by atoms with van der Waals surface area (Å²) >= 11 is 0. The molecule has 2 amide bonds. The van der Waals surface area contributed by atoms with Crippen molar-refractivity contribution in [1.29, 1.82) is 0 Å². The number of rotatable bonds is 7. The zero-order valence-corrected chi connectivity index (χ0v) is 15.8. The number of hydrogen-bond donors (Lipinski definition) is 1. The summed E-state index contributed by atoms with van der Waals surface area (Å²) in [6, 6.07) is 14.7. The molecule has 27 heavy (non-hydrogen) atoms. The van der Waals surface area contributed by atoms with Crippen molar-refractivity contribution in [2.45, 2.75) is 26.3 Å². The van der Waals surface area contributed by atoms with Crippen molar-refractivity contribution in [3.63, 3.8) is 0 Å². The van der Waals surface area contributed by atoms with Crippen LogP contribution in [0.3, 0.4) is 0 Å². The van der Waals surface area contributed by atoms with Gasteiger partial charge < -0.3 is 15.0 Å². The highest BCUT2D eigenvalue weighted by Crippen LogP contribution is 2.14. The van der Waals surface area contributed by atoms with E-state index in [1.54, 1.807) is 37.3 Å². The van der Waals surface area contributed by atoms with Crippen LogP contribution in [0.25, 0.3) is 0 Å². The van der Waals surface area contributed by atoms with E-state index in [1.807, 2.05) is 25.1 Å². The molecule has 0 aliphatic heterocycles. The first-order valence-corrected chi connectivity index (χ1v) is 8.83. The third-order valence-corrected chi connectivity index (χ3v) is 4.14. The fraction of sp³-hybridized carbons (Fsp3) is 0.286. The summed E-state index contributed by atoms with van der Waals surface area (Å²) in [4.78, 5) is 38.8. The summed E-state index contributed by atoms with van der Waals surface area (Å²) in [6.45, 7) is 4.05. The van der Waals surface area contributed by atoms with Gasteiger partial charge in [0.05, 0.1) is 12.7 Å².